The van der Waals surface area contributed by atoms with E-state index < -0.39 is 0 Å². The normalized spacial score (nSPS) is 18.4. The lowest BCUT2D eigenvalue weighted by Gasteiger charge is -2.21. The zero-order valence-electron chi connectivity index (χ0n) is 12.5. The first-order valence-electron chi connectivity index (χ1n) is 7.25. The second-order valence-corrected chi connectivity index (χ2v) is 5.69. The molecule has 1 aromatic carbocycles. The van der Waals surface area contributed by atoms with E-state index in [2.05, 4.69) is 28.9 Å². The van der Waals surface area contributed by atoms with Crippen molar-refractivity contribution in [3.63, 3.8) is 0 Å². The SMILES string of the molecule is CN(C)C1CCN(c2cc(N)nc(-c3ccccc3)n2)C1. The molecule has 2 aromatic rings. The Kier molecular flexibility index (Phi) is 3.75. The van der Waals surface area contributed by atoms with Gasteiger partial charge in [-0.25, -0.2) is 9.97 Å². The number of hydrogen-bond acceptors (Lipinski definition) is 5. The van der Waals surface area contributed by atoms with Crippen molar-refractivity contribution in [3.05, 3.63) is 36.4 Å². The zero-order chi connectivity index (χ0) is 14.8. The number of hydrogen-bond donors (Lipinski definition) is 1. The van der Waals surface area contributed by atoms with Crippen LogP contribution in [0, 0.1) is 0 Å². The average molecular weight is 283 g/mol. The average Bonchev–Trinajstić information content (AvgIpc) is 2.98. The lowest BCUT2D eigenvalue weighted by atomic mass is 10.2. The van der Waals surface area contributed by atoms with Crippen LogP contribution >= 0.6 is 0 Å². The maximum atomic E-state index is 5.97. The van der Waals surface area contributed by atoms with Gasteiger partial charge in [0.05, 0.1) is 0 Å². The molecule has 0 amide bonds. The highest BCUT2D eigenvalue weighted by molar-refractivity contribution is 5.61. The van der Waals surface area contributed by atoms with E-state index in [9.17, 15) is 0 Å². The fourth-order valence-corrected chi connectivity index (χ4v) is 2.70. The number of aromatic nitrogens is 2. The molecule has 1 saturated heterocycles. The van der Waals surface area contributed by atoms with Crippen LogP contribution in [0.15, 0.2) is 36.4 Å². The molecule has 0 aliphatic carbocycles. The van der Waals surface area contributed by atoms with Gasteiger partial charge in [-0.2, -0.15) is 0 Å². The second kappa shape index (κ2) is 5.69. The fraction of sp³-hybridized carbons (Fsp3) is 0.375. The summed E-state index contributed by atoms with van der Waals surface area (Å²) in [6.07, 6.45) is 1.15. The summed E-state index contributed by atoms with van der Waals surface area (Å²) < 4.78 is 0. The zero-order valence-corrected chi connectivity index (χ0v) is 12.5. The molecule has 1 aliphatic heterocycles. The largest absolute Gasteiger partial charge is 0.384 e. The highest BCUT2D eigenvalue weighted by Gasteiger charge is 2.25. The van der Waals surface area contributed by atoms with Crippen molar-refractivity contribution in [1.29, 1.82) is 0 Å². The molecule has 0 radical (unpaired) electrons. The number of likely N-dealkylation sites (N-methyl/N-ethyl adjacent to an activating group) is 1. The predicted octanol–water partition coefficient (Wildman–Crippen LogP) is 1.87. The molecule has 110 valence electrons. The summed E-state index contributed by atoms with van der Waals surface area (Å²) in [6.45, 7) is 1.99. The lowest BCUT2D eigenvalue weighted by molar-refractivity contribution is 0.315. The van der Waals surface area contributed by atoms with Crippen molar-refractivity contribution >= 4 is 11.6 Å². The molecule has 2 N–H and O–H groups in total. The summed E-state index contributed by atoms with van der Waals surface area (Å²) in [6, 6.07) is 12.4. The van der Waals surface area contributed by atoms with Crippen molar-refractivity contribution in [2.75, 3.05) is 37.8 Å². The number of nitrogens with two attached hydrogens (primary N) is 1. The van der Waals surface area contributed by atoms with Crippen molar-refractivity contribution < 1.29 is 0 Å². The second-order valence-electron chi connectivity index (χ2n) is 5.69. The Morgan fingerprint density at radius 2 is 1.95 bits per heavy atom. The molecule has 5 nitrogen and oxygen atoms in total. The Morgan fingerprint density at radius 1 is 1.19 bits per heavy atom. The van der Waals surface area contributed by atoms with Gasteiger partial charge in [0.25, 0.3) is 0 Å². The molecule has 5 heteroatoms. The van der Waals surface area contributed by atoms with Crippen LogP contribution in [0.2, 0.25) is 0 Å². The molecule has 3 rings (SSSR count). The first-order valence-corrected chi connectivity index (χ1v) is 7.25. The molecule has 2 heterocycles. The molecule has 1 unspecified atom stereocenters. The van der Waals surface area contributed by atoms with Crippen molar-refractivity contribution in [3.8, 4) is 11.4 Å². The summed E-state index contributed by atoms with van der Waals surface area (Å²) in [5, 5.41) is 0. The molecule has 0 saturated carbocycles. The van der Waals surface area contributed by atoms with Crippen LogP contribution in [0.1, 0.15) is 6.42 Å². The minimum Gasteiger partial charge on any atom is -0.384 e. The van der Waals surface area contributed by atoms with Crippen LogP contribution in [0.3, 0.4) is 0 Å². The van der Waals surface area contributed by atoms with Gasteiger partial charge in [0.1, 0.15) is 11.6 Å². The molecule has 1 atom stereocenters. The van der Waals surface area contributed by atoms with Gasteiger partial charge in [-0.3, -0.25) is 0 Å². The Morgan fingerprint density at radius 3 is 2.62 bits per heavy atom. The Balaban J connectivity index is 1.89. The fourth-order valence-electron chi connectivity index (χ4n) is 2.70. The number of nitrogen functional groups attached to an aromatic ring is 1. The first kappa shape index (κ1) is 13.8. The maximum Gasteiger partial charge on any atom is 0.163 e. The van der Waals surface area contributed by atoms with E-state index in [1.165, 1.54) is 0 Å². The van der Waals surface area contributed by atoms with Gasteiger partial charge in [-0.15, -0.1) is 0 Å². The molecule has 1 aromatic heterocycles. The third-order valence-electron chi connectivity index (χ3n) is 3.98. The third-order valence-corrected chi connectivity index (χ3v) is 3.98. The van der Waals surface area contributed by atoms with E-state index in [1.54, 1.807) is 0 Å². The Bertz CT molecular complexity index is 611. The molecule has 1 fully saturated rings. The smallest absolute Gasteiger partial charge is 0.163 e. The molecule has 0 spiro atoms. The van der Waals surface area contributed by atoms with Gasteiger partial charge in [0.2, 0.25) is 0 Å². The summed E-state index contributed by atoms with van der Waals surface area (Å²) in [4.78, 5) is 13.6. The van der Waals surface area contributed by atoms with Crippen LogP contribution in [0.4, 0.5) is 11.6 Å². The minimum absolute atomic E-state index is 0.521. The van der Waals surface area contributed by atoms with Crippen molar-refractivity contribution in [2.45, 2.75) is 12.5 Å². The van der Waals surface area contributed by atoms with Crippen LogP contribution in [0.5, 0.6) is 0 Å². The van der Waals surface area contributed by atoms with E-state index in [0.717, 1.165) is 30.9 Å². The van der Waals surface area contributed by atoms with E-state index in [1.807, 2.05) is 36.4 Å². The molecule has 0 bridgehead atoms. The van der Waals surface area contributed by atoms with Gasteiger partial charge in [0.15, 0.2) is 5.82 Å². The molecular formula is C16H21N5. The number of nitrogens with zero attached hydrogens (tertiary/aromatic N) is 4. The van der Waals surface area contributed by atoms with Gasteiger partial charge in [-0.1, -0.05) is 30.3 Å². The van der Waals surface area contributed by atoms with Gasteiger partial charge in [0, 0.05) is 30.8 Å². The van der Waals surface area contributed by atoms with E-state index in [-0.39, 0.29) is 0 Å². The van der Waals surface area contributed by atoms with Crippen LogP contribution in [0.25, 0.3) is 11.4 Å². The van der Waals surface area contributed by atoms with Crippen LogP contribution in [-0.4, -0.2) is 48.1 Å². The Hall–Kier alpha value is -2.14. The molecular weight excluding hydrogens is 262 g/mol. The number of rotatable bonds is 3. The summed E-state index contributed by atoms with van der Waals surface area (Å²) in [7, 11) is 4.25. The number of anilines is 2. The van der Waals surface area contributed by atoms with Gasteiger partial charge < -0.3 is 15.5 Å². The highest BCUT2D eigenvalue weighted by atomic mass is 15.3. The topological polar surface area (TPSA) is 58.3 Å². The quantitative estimate of drug-likeness (QED) is 0.932. The summed E-state index contributed by atoms with van der Waals surface area (Å²) in [5.41, 5.74) is 6.97. The van der Waals surface area contributed by atoms with E-state index in [0.29, 0.717) is 17.7 Å². The van der Waals surface area contributed by atoms with Crippen molar-refractivity contribution in [2.24, 2.45) is 0 Å². The van der Waals surface area contributed by atoms with Crippen LogP contribution in [-0.2, 0) is 0 Å². The predicted molar refractivity (Wildman–Crippen MR) is 86.2 cm³/mol. The number of benzene rings is 1. The van der Waals surface area contributed by atoms with E-state index >= 15 is 0 Å². The molecule has 1 aliphatic rings. The Labute approximate surface area is 125 Å². The standard InChI is InChI=1S/C16H21N5/c1-20(2)13-8-9-21(11-13)15-10-14(17)18-16(19-15)12-6-4-3-5-7-12/h3-7,10,13H,8-9,11H2,1-2H3,(H2,17,18,19). The molecule has 21 heavy (non-hydrogen) atoms. The monoisotopic (exact) mass is 283 g/mol. The first-order chi connectivity index (χ1) is 10.1. The summed E-state index contributed by atoms with van der Waals surface area (Å²) in [5.74, 6) is 2.14. The third kappa shape index (κ3) is 2.97. The van der Waals surface area contributed by atoms with Crippen LogP contribution < -0.4 is 10.6 Å². The highest BCUT2D eigenvalue weighted by Crippen LogP contribution is 2.24. The van der Waals surface area contributed by atoms with E-state index in [4.69, 9.17) is 10.7 Å². The summed E-state index contributed by atoms with van der Waals surface area (Å²) >= 11 is 0. The van der Waals surface area contributed by atoms with Gasteiger partial charge in [-0.05, 0) is 20.5 Å². The maximum absolute atomic E-state index is 5.97. The van der Waals surface area contributed by atoms with Crippen molar-refractivity contribution in [1.82, 2.24) is 14.9 Å². The van der Waals surface area contributed by atoms with Gasteiger partial charge >= 0.3 is 0 Å². The lowest BCUT2D eigenvalue weighted by Crippen LogP contribution is -2.31. The minimum atomic E-state index is 0.521.